The van der Waals surface area contributed by atoms with E-state index in [0.29, 0.717) is 18.7 Å². The van der Waals surface area contributed by atoms with Crippen LogP contribution >= 0.6 is 23.2 Å². The van der Waals surface area contributed by atoms with Crippen LogP contribution in [0.4, 0.5) is 0 Å². The molecular weight excluding hydrogens is 299 g/mol. The van der Waals surface area contributed by atoms with E-state index in [1.165, 1.54) is 12.3 Å². The SMILES string of the molecule is CCCCCCN(CCO)C(=O)c1cc(Cl)ncc1Cl. The van der Waals surface area contributed by atoms with Crippen LogP contribution < -0.4 is 0 Å². The predicted molar refractivity (Wildman–Crippen MR) is 81.4 cm³/mol. The van der Waals surface area contributed by atoms with Crippen molar-refractivity contribution in [3.8, 4) is 0 Å². The highest BCUT2D eigenvalue weighted by atomic mass is 35.5. The molecule has 6 heteroatoms. The minimum Gasteiger partial charge on any atom is -0.395 e. The Morgan fingerprint density at radius 1 is 1.30 bits per heavy atom. The lowest BCUT2D eigenvalue weighted by atomic mass is 10.2. The van der Waals surface area contributed by atoms with Crippen LogP contribution in [-0.4, -0.2) is 40.6 Å². The number of carbonyl (C=O) groups is 1. The Balaban J connectivity index is 2.74. The standard InChI is InChI=1S/C14H20Cl2N2O2/c1-2-3-4-5-6-18(7-8-19)14(20)11-9-13(16)17-10-12(11)15/h9-10,19H,2-8H2,1H3. The van der Waals surface area contributed by atoms with Gasteiger partial charge in [0.2, 0.25) is 0 Å². The number of aromatic nitrogens is 1. The number of pyridine rings is 1. The quantitative estimate of drug-likeness (QED) is 0.590. The van der Waals surface area contributed by atoms with Crippen LogP contribution in [-0.2, 0) is 0 Å². The highest BCUT2D eigenvalue weighted by molar-refractivity contribution is 6.35. The van der Waals surface area contributed by atoms with Crippen LogP contribution in [0.15, 0.2) is 12.3 Å². The number of amides is 1. The van der Waals surface area contributed by atoms with Crippen molar-refractivity contribution in [1.82, 2.24) is 9.88 Å². The second-order valence-electron chi connectivity index (χ2n) is 4.56. The summed E-state index contributed by atoms with van der Waals surface area (Å²) >= 11 is 11.8. The highest BCUT2D eigenvalue weighted by Crippen LogP contribution is 2.20. The van der Waals surface area contributed by atoms with Crippen molar-refractivity contribution in [2.24, 2.45) is 0 Å². The third-order valence-electron chi connectivity index (χ3n) is 2.99. The van der Waals surface area contributed by atoms with E-state index in [2.05, 4.69) is 11.9 Å². The lowest BCUT2D eigenvalue weighted by molar-refractivity contribution is 0.0718. The summed E-state index contributed by atoms with van der Waals surface area (Å²) in [5, 5.41) is 9.60. The maximum atomic E-state index is 12.4. The van der Waals surface area contributed by atoms with Crippen molar-refractivity contribution in [2.45, 2.75) is 32.6 Å². The van der Waals surface area contributed by atoms with Gasteiger partial charge >= 0.3 is 0 Å². The molecular formula is C14H20Cl2N2O2. The molecule has 0 radical (unpaired) electrons. The molecule has 0 saturated heterocycles. The Labute approximate surface area is 129 Å². The van der Waals surface area contributed by atoms with E-state index >= 15 is 0 Å². The predicted octanol–water partition coefficient (Wildman–Crippen LogP) is 3.40. The van der Waals surface area contributed by atoms with Gasteiger partial charge in [0.25, 0.3) is 5.91 Å². The maximum Gasteiger partial charge on any atom is 0.255 e. The van der Waals surface area contributed by atoms with Crippen LogP contribution in [0.25, 0.3) is 0 Å². The summed E-state index contributed by atoms with van der Waals surface area (Å²) in [6.07, 6.45) is 5.63. The largest absolute Gasteiger partial charge is 0.395 e. The molecule has 1 rings (SSSR count). The van der Waals surface area contributed by atoms with E-state index in [1.807, 2.05) is 0 Å². The molecule has 0 aliphatic rings. The highest BCUT2D eigenvalue weighted by Gasteiger charge is 2.18. The number of hydrogen-bond acceptors (Lipinski definition) is 3. The fourth-order valence-electron chi connectivity index (χ4n) is 1.91. The van der Waals surface area contributed by atoms with Gasteiger partial charge in [0, 0.05) is 19.3 Å². The van der Waals surface area contributed by atoms with Crippen molar-refractivity contribution in [1.29, 1.82) is 0 Å². The van der Waals surface area contributed by atoms with Crippen molar-refractivity contribution in [2.75, 3.05) is 19.7 Å². The molecule has 20 heavy (non-hydrogen) atoms. The first-order valence-corrected chi connectivity index (χ1v) is 7.57. The lowest BCUT2D eigenvalue weighted by Crippen LogP contribution is -2.34. The summed E-state index contributed by atoms with van der Waals surface area (Å²) < 4.78 is 0. The normalized spacial score (nSPS) is 10.6. The Morgan fingerprint density at radius 3 is 2.70 bits per heavy atom. The molecule has 0 aliphatic carbocycles. The topological polar surface area (TPSA) is 53.4 Å². The minimum atomic E-state index is -0.218. The van der Waals surface area contributed by atoms with E-state index in [0.717, 1.165) is 25.7 Å². The maximum absolute atomic E-state index is 12.4. The van der Waals surface area contributed by atoms with E-state index in [1.54, 1.807) is 4.90 Å². The molecule has 0 aliphatic heterocycles. The van der Waals surface area contributed by atoms with Gasteiger partial charge < -0.3 is 10.0 Å². The Morgan fingerprint density at radius 2 is 2.05 bits per heavy atom. The Hall–Kier alpha value is -0.840. The van der Waals surface area contributed by atoms with Gasteiger partial charge in [-0.2, -0.15) is 0 Å². The summed E-state index contributed by atoms with van der Waals surface area (Å²) in [7, 11) is 0. The average molecular weight is 319 g/mol. The summed E-state index contributed by atoms with van der Waals surface area (Å²) in [6.45, 7) is 2.96. The molecule has 0 bridgehead atoms. The summed E-state index contributed by atoms with van der Waals surface area (Å²) in [6, 6.07) is 1.46. The molecule has 0 atom stereocenters. The van der Waals surface area contributed by atoms with Crippen LogP contribution in [0, 0.1) is 0 Å². The molecule has 1 aromatic rings. The fraction of sp³-hybridized carbons (Fsp3) is 0.571. The van der Waals surface area contributed by atoms with Crippen molar-refractivity contribution >= 4 is 29.1 Å². The third kappa shape index (κ3) is 5.27. The van der Waals surface area contributed by atoms with Gasteiger partial charge in [-0.05, 0) is 12.5 Å². The van der Waals surface area contributed by atoms with E-state index < -0.39 is 0 Å². The minimum absolute atomic E-state index is 0.0735. The zero-order valence-electron chi connectivity index (χ0n) is 11.6. The second-order valence-corrected chi connectivity index (χ2v) is 5.36. The van der Waals surface area contributed by atoms with Gasteiger partial charge in [-0.25, -0.2) is 4.98 Å². The fourth-order valence-corrected chi connectivity index (χ4v) is 2.25. The first-order chi connectivity index (χ1) is 9.60. The number of aliphatic hydroxyl groups excluding tert-OH is 1. The van der Waals surface area contributed by atoms with Crippen LogP contribution in [0.2, 0.25) is 10.2 Å². The van der Waals surface area contributed by atoms with E-state index in [4.69, 9.17) is 28.3 Å². The Bertz CT molecular complexity index is 441. The van der Waals surface area contributed by atoms with Gasteiger partial charge in [0.05, 0.1) is 17.2 Å². The van der Waals surface area contributed by atoms with Crippen LogP contribution in [0.5, 0.6) is 0 Å². The molecule has 0 fully saturated rings. The molecule has 112 valence electrons. The lowest BCUT2D eigenvalue weighted by Gasteiger charge is -2.22. The molecule has 1 heterocycles. The van der Waals surface area contributed by atoms with Gasteiger partial charge in [0.1, 0.15) is 5.15 Å². The van der Waals surface area contributed by atoms with Crippen LogP contribution in [0.3, 0.4) is 0 Å². The van der Waals surface area contributed by atoms with Crippen molar-refractivity contribution < 1.29 is 9.90 Å². The average Bonchev–Trinajstić information content (AvgIpc) is 2.44. The van der Waals surface area contributed by atoms with E-state index in [9.17, 15) is 4.79 Å². The first-order valence-electron chi connectivity index (χ1n) is 6.81. The van der Waals surface area contributed by atoms with Gasteiger partial charge in [-0.3, -0.25) is 4.79 Å². The number of hydrogen-bond donors (Lipinski definition) is 1. The zero-order valence-corrected chi connectivity index (χ0v) is 13.1. The number of rotatable bonds is 8. The molecule has 0 saturated carbocycles. The summed E-state index contributed by atoms with van der Waals surface area (Å²) in [5.41, 5.74) is 0.329. The van der Waals surface area contributed by atoms with Gasteiger partial charge in [0.15, 0.2) is 0 Å². The number of unbranched alkanes of at least 4 members (excludes halogenated alkanes) is 3. The zero-order chi connectivity index (χ0) is 15.0. The summed E-state index contributed by atoms with van der Waals surface area (Å²) in [5.74, 6) is -0.218. The first kappa shape index (κ1) is 17.2. The number of aliphatic hydroxyl groups is 1. The number of halogens is 2. The second kappa shape index (κ2) is 9.16. The van der Waals surface area contributed by atoms with E-state index in [-0.39, 0.29) is 22.7 Å². The van der Waals surface area contributed by atoms with Crippen molar-refractivity contribution in [3.05, 3.63) is 28.0 Å². The molecule has 1 aromatic heterocycles. The molecule has 1 N–H and O–H groups in total. The Kier molecular flexibility index (Phi) is 7.88. The molecule has 4 nitrogen and oxygen atoms in total. The van der Waals surface area contributed by atoms with Gasteiger partial charge in [-0.15, -0.1) is 0 Å². The molecule has 0 aromatic carbocycles. The van der Waals surface area contributed by atoms with Crippen LogP contribution in [0.1, 0.15) is 43.0 Å². The third-order valence-corrected chi connectivity index (χ3v) is 3.50. The summed E-state index contributed by atoms with van der Waals surface area (Å²) in [4.78, 5) is 17.8. The number of nitrogens with zero attached hydrogens (tertiary/aromatic N) is 2. The van der Waals surface area contributed by atoms with Gasteiger partial charge in [-0.1, -0.05) is 49.4 Å². The molecule has 0 unspecified atom stereocenters. The van der Waals surface area contributed by atoms with Crippen molar-refractivity contribution in [3.63, 3.8) is 0 Å². The molecule has 1 amide bonds. The smallest absolute Gasteiger partial charge is 0.255 e. The number of carbonyl (C=O) groups excluding carboxylic acids is 1. The monoisotopic (exact) mass is 318 g/mol. The molecule has 0 spiro atoms.